The van der Waals surface area contributed by atoms with Crippen molar-refractivity contribution in [2.45, 2.75) is 25.8 Å². The summed E-state index contributed by atoms with van der Waals surface area (Å²) in [4.78, 5) is 16.6. The topological polar surface area (TPSA) is 76.1 Å². The molecular formula is C16H18N2O3S2. The van der Waals surface area contributed by atoms with Crippen molar-refractivity contribution >= 4 is 27.1 Å². The van der Waals surface area contributed by atoms with Crippen LogP contribution >= 0.6 is 11.3 Å². The quantitative estimate of drug-likeness (QED) is 0.918. The molecule has 0 spiro atoms. The molecule has 3 rings (SSSR count). The summed E-state index contributed by atoms with van der Waals surface area (Å²) in [6.07, 6.45) is 1.46. The fourth-order valence-electron chi connectivity index (χ4n) is 2.56. The predicted molar refractivity (Wildman–Crippen MR) is 91.5 cm³/mol. The van der Waals surface area contributed by atoms with Gasteiger partial charge in [0.15, 0.2) is 9.84 Å². The Morgan fingerprint density at radius 3 is 2.70 bits per heavy atom. The van der Waals surface area contributed by atoms with E-state index < -0.39 is 9.84 Å². The number of nitrogens with zero attached hydrogens (tertiary/aromatic N) is 1. The second-order valence-electron chi connectivity index (χ2n) is 5.66. The maximum absolute atomic E-state index is 12.2. The third-order valence-corrected chi connectivity index (χ3v) is 6.57. The number of aryl methyl sites for hydroxylation is 1. The maximum atomic E-state index is 12.2. The molecule has 1 fully saturated rings. The van der Waals surface area contributed by atoms with Gasteiger partial charge < -0.3 is 5.32 Å². The van der Waals surface area contributed by atoms with Gasteiger partial charge >= 0.3 is 0 Å². The first-order valence-electron chi connectivity index (χ1n) is 7.53. The van der Waals surface area contributed by atoms with Crippen molar-refractivity contribution in [3.8, 4) is 10.6 Å². The van der Waals surface area contributed by atoms with Crippen LogP contribution in [0.4, 0.5) is 0 Å². The first-order chi connectivity index (χ1) is 11.0. The van der Waals surface area contributed by atoms with Gasteiger partial charge in [-0.1, -0.05) is 31.2 Å². The van der Waals surface area contributed by atoms with Crippen LogP contribution in [0.1, 0.15) is 29.4 Å². The van der Waals surface area contributed by atoms with Gasteiger partial charge in [0.2, 0.25) is 0 Å². The summed E-state index contributed by atoms with van der Waals surface area (Å²) in [5, 5.41) is 5.26. The van der Waals surface area contributed by atoms with Gasteiger partial charge in [-0.2, -0.15) is 0 Å². The van der Waals surface area contributed by atoms with Gasteiger partial charge in [0.25, 0.3) is 5.91 Å². The Hall–Kier alpha value is -1.73. The van der Waals surface area contributed by atoms with E-state index in [1.54, 1.807) is 5.38 Å². The highest BCUT2D eigenvalue weighted by Gasteiger charge is 2.29. The molecule has 1 aliphatic rings. The molecule has 1 atom stereocenters. The van der Waals surface area contributed by atoms with Crippen LogP contribution in [0.2, 0.25) is 0 Å². The predicted octanol–water partition coefficient (Wildman–Crippen LogP) is 2.29. The molecule has 0 aliphatic carbocycles. The van der Waals surface area contributed by atoms with Crippen molar-refractivity contribution in [1.29, 1.82) is 0 Å². The molecule has 0 saturated carbocycles. The standard InChI is InChI=1S/C16H18N2O3S2/c1-2-11-3-5-12(6-4-11)16-18-14(9-22-16)15(19)17-13-7-8-23(20,21)10-13/h3-6,9,13H,2,7-8,10H2,1H3,(H,17,19)/t13-/m1/s1. The van der Waals surface area contributed by atoms with E-state index in [0.717, 1.165) is 17.0 Å². The maximum Gasteiger partial charge on any atom is 0.271 e. The number of thiazole rings is 1. The molecule has 2 aromatic rings. The van der Waals surface area contributed by atoms with E-state index in [-0.39, 0.29) is 23.5 Å². The Kier molecular flexibility index (Phi) is 4.50. The van der Waals surface area contributed by atoms with E-state index in [4.69, 9.17) is 0 Å². The fourth-order valence-corrected chi connectivity index (χ4v) is 5.04. The molecule has 1 aromatic heterocycles. The first kappa shape index (κ1) is 16.1. The molecule has 1 amide bonds. The minimum atomic E-state index is -3.00. The van der Waals surface area contributed by atoms with E-state index in [1.165, 1.54) is 16.9 Å². The molecule has 7 heteroatoms. The average Bonchev–Trinajstić information content (AvgIpc) is 3.14. The number of rotatable bonds is 4. The molecular weight excluding hydrogens is 332 g/mol. The number of carbonyl (C=O) groups is 1. The Balaban J connectivity index is 1.69. The third-order valence-electron chi connectivity index (χ3n) is 3.91. The summed E-state index contributed by atoms with van der Waals surface area (Å²) in [7, 11) is -3.00. The van der Waals surface area contributed by atoms with Crippen LogP contribution in [0.15, 0.2) is 29.6 Å². The van der Waals surface area contributed by atoms with E-state index in [2.05, 4.69) is 29.4 Å². The van der Waals surface area contributed by atoms with Crippen LogP contribution in [0.25, 0.3) is 10.6 Å². The highest BCUT2D eigenvalue weighted by Crippen LogP contribution is 2.24. The zero-order chi connectivity index (χ0) is 16.4. The van der Waals surface area contributed by atoms with Crippen molar-refractivity contribution in [2.75, 3.05) is 11.5 Å². The summed E-state index contributed by atoms with van der Waals surface area (Å²) in [5.74, 6) is -0.141. The molecule has 23 heavy (non-hydrogen) atoms. The molecule has 122 valence electrons. The lowest BCUT2D eigenvalue weighted by Gasteiger charge is -2.08. The van der Waals surface area contributed by atoms with Crippen LogP contribution in [-0.4, -0.2) is 36.9 Å². The first-order valence-corrected chi connectivity index (χ1v) is 10.2. The Bertz CT molecular complexity index is 810. The number of sulfone groups is 1. The van der Waals surface area contributed by atoms with Crippen LogP contribution in [0, 0.1) is 0 Å². The van der Waals surface area contributed by atoms with Crippen LogP contribution in [0.5, 0.6) is 0 Å². The lowest BCUT2D eigenvalue weighted by Crippen LogP contribution is -2.35. The molecule has 0 bridgehead atoms. The highest BCUT2D eigenvalue weighted by molar-refractivity contribution is 7.91. The normalized spacial score (nSPS) is 19.6. The monoisotopic (exact) mass is 350 g/mol. The summed E-state index contributed by atoms with van der Waals surface area (Å²) in [5.41, 5.74) is 2.58. The molecule has 5 nitrogen and oxygen atoms in total. The number of hydrogen-bond donors (Lipinski definition) is 1. The lowest BCUT2D eigenvalue weighted by atomic mass is 10.1. The summed E-state index contributed by atoms with van der Waals surface area (Å²) in [6.45, 7) is 2.10. The zero-order valence-electron chi connectivity index (χ0n) is 12.8. The fraction of sp³-hybridized carbons (Fsp3) is 0.375. The lowest BCUT2D eigenvalue weighted by molar-refractivity contribution is 0.0937. The number of hydrogen-bond acceptors (Lipinski definition) is 5. The number of aromatic nitrogens is 1. The van der Waals surface area contributed by atoms with Gasteiger partial charge in [-0.3, -0.25) is 4.79 Å². The van der Waals surface area contributed by atoms with Gasteiger partial charge in [0, 0.05) is 17.0 Å². The van der Waals surface area contributed by atoms with Crippen LogP contribution in [-0.2, 0) is 16.3 Å². The van der Waals surface area contributed by atoms with Gasteiger partial charge in [0.1, 0.15) is 10.7 Å². The molecule has 1 aliphatic heterocycles. The van der Waals surface area contributed by atoms with Crippen molar-refractivity contribution in [3.05, 3.63) is 40.9 Å². The number of benzene rings is 1. The van der Waals surface area contributed by atoms with E-state index in [0.29, 0.717) is 12.1 Å². The second-order valence-corrected chi connectivity index (χ2v) is 8.75. The van der Waals surface area contributed by atoms with Crippen LogP contribution < -0.4 is 5.32 Å². The molecule has 0 radical (unpaired) electrons. The second kappa shape index (κ2) is 6.41. The van der Waals surface area contributed by atoms with Crippen LogP contribution in [0.3, 0.4) is 0 Å². The van der Waals surface area contributed by atoms with Gasteiger partial charge in [-0.05, 0) is 18.4 Å². The Morgan fingerprint density at radius 1 is 1.35 bits per heavy atom. The minimum Gasteiger partial charge on any atom is -0.347 e. The SMILES string of the molecule is CCc1ccc(-c2nc(C(=O)N[C@@H]3CCS(=O)(=O)C3)cs2)cc1. The minimum absolute atomic E-state index is 0.0220. The smallest absolute Gasteiger partial charge is 0.271 e. The zero-order valence-corrected chi connectivity index (χ0v) is 14.4. The Labute approximate surface area is 139 Å². The van der Waals surface area contributed by atoms with E-state index in [9.17, 15) is 13.2 Å². The molecule has 1 N–H and O–H groups in total. The van der Waals surface area contributed by atoms with Gasteiger partial charge in [0.05, 0.1) is 11.5 Å². The summed E-state index contributed by atoms with van der Waals surface area (Å²) < 4.78 is 22.9. The van der Waals surface area contributed by atoms with E-state index in [1.807, 2.05) is 12.1 Å². The van der Waals surface area contributed by atoms with Gasteiger partial charge in [-0.25, -0.2) is 13.4 Å². The highest BCUT2D eigenvalue weighted by atomic mass is 32.2. The van der Waals surface area contributed by atoms with Crippen molar-refractivity contribution in [3.63, 3.8) is 0 Å². The van der Waals surface area contributed by atoms with Gasteiger partial charge in [-0.15, -0.1) is 11.3 Å². The Morgan fingerprint density at radius 2 is 2.09 bits per heavy atom. The van der Waals surface area contributed by atoms with Crippen molar-refractivity contribution < 1.29 is 13.2 Å². The molecule has 1 aromatic carbocycles. The third kappa shape index (κ3) is 3.79. The number of carbonyl (C=O) groups excluding carboxylic acids is 1. The summed E-state index contributed by atoms with van der Waals surface area (Å²) in [6, 6.07) is 7.81. The number of nitrogens with one attached hydrogen (secondary N) is 1. The molecule has 0 unspecified atom stereocenters. The summed E-state index contributed by atoms with van der Waals surface area (Å²) >= 11 is 1.41. The molecule has 1 saturated heterocycles. The van der Waals surface area contributed by atoms with Crippen molar-refractivity contribution in [1.82, 2.24) is 10.3 Å². The molecule has 2 heterocycles. The van der Waals surface area contributed by atoms with Crippen molar-refractivity contribution in [2.24, 2.45) is 0 Å². The largest absolute Gasteiger partial charge is 0.347 e. The van der Waals surface area contributed by atoms with E-state index >= 15 is 0 Å². The average molecular weight is 350 g/mol. The number of amides is 1.